The van der Waals surface area contributed by atoms with Gasteiger partial charge in [0.2, 0.25) is 5.91 Å². The number of carbonyl (C=O) groups excluding carboxylic acids is 1. The van der Waals surface area contributed by atoms with Gasteiger partial charge in [0.05, 0.1) is 30.9 Å². The van der Waals surface area contributed by atoms with E-state index >= 15 is 0 Å². The van der Waals surface area contributed by atoms with E-state index < -0.39 is 0 Å². The molecule has 2 fully saturated rings. The van der Waals surface area contributed by atoms with E-state index in [0.717, 1.165) is 38.0 Å². The first-order valence-electron chi connectivity index (χ1n) is 7.72. The van der Waals surface area contributed by atoms with E-state index in [-0.39, 0.29) is 18.1 Å². The molecule has 7 nitrogen and oxygen atoms in total. The lowest BCUT2D eigenvalue weighted by molar-refractivity contribution is -0.119. The van der Waals surface area contributed by atoms with E-state index in [1.165, 1.54) is 12.8 Å². The van der Waals surface area contributed by atoms with Gasteiger partial charge in [-0.15, -0.1) is 5.10 Å². The largest absolute Gasteiger partial charge is 0.375 e. The summed E-state index contributed by atoms with van der Waals surface area (Å²) in [6.07, 6.45) is 8.77. The van der Waals surface area contributed by atoms with Crippen LogP contribution in [0.15, 0.2) is 6.20 Å². The maximum Gasteiger partial charge on any atom is 0.234 e. The zero-order chi connectivity index (χ0) is 14.7. The second kappa shape index (κ2) is 6.11. The fraction of sp³-hybridized carbons (Fsp3) is 0.786. The van der Waals surface area contributed by atoms with E-state index in [9.17, 15) is 4.79 Å². The molecule has 1 spiro atoms. The third-order valence-corrected chi connectivity index (χ3v) is 4.57. The van der Waals surface area contributed by atoms with Gasteiger partial charge in [0.1, 0.15) is 5.69 Å². The van der Waals surface area contributed by atoms with Crippen LogP contribution in [0, 0.1) is 0 Å². The van der Waals surface area contributed by atoms with Gasteiger partial charge in [-0.2, -0.15) is 0 Å². The van der Waals surface area contributed by atoms with Crippen LogP contribution in [0.2, 0.25) is 0 Å². The Morgan fingerprint density at radius 3 is 3.10 bits per heavy atom. The van der Waals surface area contributed by atoms with E-state index in [2.05, 4.69) is 15.6 Å². The highest BCUT2D eigenvalue weighted by Crippen LogP contribution is 2.43. The van der Waals surface area contributed by atoms with Gasteiger partial charge in [-0.05, 0) is 25.7 Å². The molecule has 0 bridgehead atoms. The van der Waals surface area contributed by atoms with Crippen LogP contribution < -0.4 is 11.1 Å². The number of aromatic nitrogens is 3. The van der Waals surface area contributed by atoms with Crippen LogP contribution in [-0.4, -0.2) is 39.7 Å². The summed E-state index contributed by atoms with van der Waals surface area (Å²) >= 11 is 0. The number of hydrogen-bond acceptors (Lipinski definition) is 5. The predicted molar refractivity (Wildman–Crippen MR) is 76.3 cm³/mol. The van der Waals surface area contributed by atoms with Gasteiger partial charge >= 0.3 is 0 Å². The molecule has 1 saturated heterocycles. The van der Waals surface area contributed by atoms with Crippen LogP contribution in [0.4, 0.5) is 0 Å². The molecule has 3 N–H and O–H groups in total. The highest BCUT2D eigenvalue weighted by atomic mass is 16.5. The number of hydrogen-bond donors (Lipinski definition) is 2. The molecule has 1 unspecified atom stereocenters. The first kappa shape index (κ1) is 14.5. The molecule has 0 aromatic carbocycles. The maximum absolute atomic E-state index is 11.2. The minimum Gasteiger partial charge on any atom is -0.375 e. The van der Waals surface area contributed by atoms with E-state index in [1.807, 2.05) is 10.9 Å². The Hall–Kier alpha value is -1.47. The minimum absolute atomic E-state index is 0.00335. The highest BCUT2D eigenvalue weighted by Gasteiger charge is 2.40. The van der Waals surface area contributed by atoms with Gasteiger partial charge in [0.15, 0.2) is 0 Å². The Morgan fingerprint density at radius 2 is 2.33 bits per heavy atom. The molecule has 1 atom stereocenters. The van der Waals surface area contributed by atoms with Gasteiger partial charge in [0, 0.05) is 6.61 Å². The van der Waals surface area contributed by atoms with Crippen LogP contribution in [0.25, 0.3) is 0 Å². The molecule has 2 aliphatic rings. The topological polar surface area (TPSA) is 95.1 Å². The first-order valence-corrected chi connectivity index (χ1v) is 7.72. The fourth-order valence-corrected chi connectivity index (χ4v) is 3.43. The summed E-state index contributed by atoms with van der Waals surface area (Å²) in [5.74, 6) is -0.180. The van der Waals surface area contributed by atoms with Gasteiger partial charge in [0.25, 0.3) is 0 Å². The number of nitrogens with one attached hydrogen (secondary N) is 1. The quantitative estimate of drug-likeness (QED) is 0.843. The molecule has 1 aromatic rings. The first-order chi connectivity index (χ1) is 10.2. The van der Waals surface area contributed by atoms with Gasteiger partial charge < -0.3 is 15.8 Å². The molecular weight excluding hydrogens is 270 g/mol. The van der Waals surface area contributed by atoms with E-state index in [4.69, 9.17) is 10.5 Å². The van der Waals surface area contributed by atoms with Gasteiger partial charge in [-0.25, -0.2) is 4.68 Å². The van der Waals surface area contributed by atoms with Crippen molar-refractivity contribution in [3.05, 3.63) is 11.9 Å². The van der Waals surface area contributed by atoms with Crippen molar-refractivity contribution < 1.29 is 9.53 Å². The molecule has 116 valence electrons. The Morgan fingerprint density at radius 1 is 1.52 bits per heavy atom. The van der Waals surface area contributed by atoms with E-state index in [0.29, 0.717) is 12.6 Å². The lowest BCUT2D eigenvalue weighted by Crippen LogP contribution is -2.38. The highest BCUT2D eigenvalue weighted by molar-refractivity contribution is 5.77. The molecule has 7 heteroatoms. The molecule has 1 aromatic heterocycles. The number of rotatable bonds is 4. The van der Waals surface area contributed by atoms with Crippen molar-refractivity contribution in [1.29, 1.82) is 0 Å². The zero-order valence-corrected chi connectivity index (χ0v) is 12.3. The average Bonchev–Trinajstić information content (AvgIpc) is 3.15. The molecule has 1 aliphatic carbocycles. The molecule has 1 aliphatic heterocycles. The fourth-order valence-electron chi connectivity index (χ4n) is 3.43. The summed E-state index contributed by atoms with van der Waals surface area (Å²) in [6, 6.07) is 0.350. The SMILES string of the molecule is NCC(=O)NCc1cn(C2CCOC3(CCCC3)C2)nn1. The van der Waals surface area contributed by atoms with E-state index in [1.54, 1.807) is 0 Å². The number of ether oxygens (including phenoxy) is 1. The molecule has 1 saturated carbocycles. The molecule has 3 rings (SSSR count). The molecule has 0 radical (unpaired) electrons. The summed E-state index contributed by atoms with van der Waals surface area (Å²) in [7, 11) is 0. The second-order valence-corrected chi connectivity index (χ2v) is 6.06. The number of amides is 1. The Bertz CT molecular complexity index is 495. The summed E-state index contributed by atoms with van der Waals surface area (Å²) in [4.78, 5) is 11.2. The average molecular weight is 293 g/mol. The van der Waals surface area contributed by atoms with Crippen molar-refractivity contribution in [2.75, 3.05) is 13.2 Å². The number of nitrogens with two attached hydrogens (primary N) is 1. The lowest BCUT2D eigenvalue weighted by Gasteiger charge is -2.38. The van der Waals surface area contributed by atoms with Crippen LogP contribution in [0.5, 0.6) is 0 Å². The summed E-state index contributed by atoms with van der Waals surface area (Å²) in [6.45, 7) is 1.17. The van der Waals surface area contributed by atoms with Crippen molar-refractivity contribution in [2.45, 2.75) is 56.7 Å². The smallest absolute Gasteiger partial charge is 0.234 e. The Balaban J connectivity index is 1.61. The molecule has 1 amide bonds. The van der Waals surface area contributed by atoms with Crippen molar-refractivity contribution in [3.63, 3.8) is 0 Å². The van der Waals surface area contributed by atoms with Gasteiger partial charge in [-0.3, -0.25) is 4.79 Å². The molecular formula is C14H23N5O2. The molecule has 2 heterocycles. The number of nitrogens with zero attached hydrogens (tertiary/aromatic N) is 3. The second-order valence-electron chi connectivity index (χ2n) is 6.06. The van der Waals surface area contributed by atoms with Crippen molar-refractivity contribution in [2.24, 2.45) is 5.73 Å². The van der Waals surface area contributed by atoms with Crippen LogP contribution in [0.3, 0.4) is 0 Å². The van der Waals surface area contributed by atoms with Crippen LogP contribution in [0.1, 0.15) is 50.3 Å². The van der Waals surface area contributed by atoms with Crippen molar-refractivity contribution in [3.8, 4) is 0 Å². The number of carbonyl (C=O) groups is 1. The standard InChI is InChI=1S/C14H23N5O2/c15-8-13(20)16-9-11-10-19(18-17-11)12-3-6-21-14(7-12)4-1-2-5-14/h10,12H,1-9,15H2,(H,16,20). The van der Waals surface area contributed by atoms with Crippen molar-refractivity contribution in [1.82, 2.24) is 20.3 Å². The zero-order valence-electron chi connectivity index (χ0n) is 12.3. The summed E-state index contributed by atoms with van der Waals surface area (Å²) in [5, 5.41) is 11.1. The minimum atomic E-state index is -0.180. The third-order valence-electron chi connectivity index (χ3n) is 4.57. The Kier molecular flexibility index (Phi) is 4.21. The van der Waals surface area contributed by atoms with Gasteiger partial charge in [-0.1, -0.05) is 18.1 Å². The summed E-state index contributed by atoms with van der Waals surface area (Å²) < 4.78 is 7.98. The normalized spacial score (nSPS) is 24.3. The van der Waals surface area contributed by atoms with Crippen LogP contribution >= 0.6 is 0 Å². The van der Waals surface area contributed by atoms with Crippen LogP contribution in [-0.2, 0) is 16.1 Å². The molecule has 21 heavy (non-hydrogen) atoms. The monoisotopic (exact) mass is 293 g/mol. The third kappa shape index (κ3) is 3.24. The summed E-state index contributed by atoms with van der Waals surface area (Å²) in [5.41, 5.74) is 6.10. The lowest BCUT2D eigenvalue weighted by atomic mass is 9.89. The predicted octanol–water partition coefficient (Wildman–Crippen LogP) is 0.517. The Labute approximate surface area is 124 Å². The maximum atomic E-state index is 11.2. The van der Waals surface area contributed by atoms with Crippen molar-refractivity contribution >= 4 is 5.91 Å².